The predicted molar refractivity (Wildman–Crippen MR) is 63.3 cm³/mol. The molecule has 0 radical (unpaired) electrons. The van der Waals surface area contributed by atoms with E-state index in [0.29, 0.717) is 6.54 Å². The normalized spacial score (nSPS) is 13.0. The summed E-state index contributed by atoms with van der Waals surface area (Å²) < 4.78 is 5.08. The number of hydrogen-bond donors (Lipinski definition) is 1. The van der Waals surface area contributed by atoms with Gasteiger partial charge in [0, 0.05) is 12.5 Å². The lowest BCUT2D eigenvalue weighted by atomic mass is 10.0. The van der Waals surface area contributed by atoms with Crippen LogP contribution in [-0.4, -0.2) is 24.5 Å². The van der Waals surface area contributed by atoms with Crippen LogP contribution in [0.2, 0.25) is 0 Å². The molecule has 0 aliphatic carbocycles. The van der Waals surface area contributed by atoms with Crippen molar-refractivity contribution in [2.24, 2.45) is 5.92 Å². The van der Waals surface area contributed by atoms with Crippen LogP contribution >= 0.6 is 0 Å². The molecule has 4 nitrogen and oxygen atoms in total. The Labute approximate surface area is 97.7 Å². The molecule has 0 aliphatic heterocycles. The molecule has 1 atom stereocenters. The molecule has 0 aromatic rings. The standard InChI is InChI=1S/C12H23NO3/c1-5-10(9-14)7-6-8-13-11(15)16-12(2,3)4/h9-10H,5-8H2,1-4H3,(H,13,15)/t10-/m0/s1. The smallest absolute Gasteiger partial charge is 0.407 e. The molecule has 0 saturated heterocycles. The minimum absolute atomic E-state index is 0.112. The van der Waals surface area contributed by atoms with Crippen molar-refractivity contribution in [3.05, 3.63) is 0 Å². The van der Waals surface area contributed by atoms with Crippen molar-refractivity contribution in [1.82, 2.24) is 5.32 Å². The van der Waals surface area contributed by atoms with Crippen molar-refractivity contribution in [2.75, 3.05) is 6.54 Å². The quantitative estimate of drug-likeness (QED) is 0.562. The Balaban J connectivity index is 3.59. The van der Waals surface area contributed by atoms with Gasteiger partial charge in [0.15, 0.2) is 0 Å². The molecule has 16 heavy (non-hydrogen) atoms. The average molecular weight is 229 g/mol. The fraction of sp³-hybridized carbons (Fsp3) is 0.833. The highest BCUT2D eigenvalue weighted by atomic mass is 16.6. The van der Waals surface area contributed by atoms with Gasteiger partial charge in [-0.1, -0.05) is 6.92 Å². The second-order valence-electron chi connectivity index (χ2n) is 4.88. The van der Waals surface area contributed by atoms with Crippen molar-refractivity contribution in [3.8, 4) is 0 Å². The number of nitrogens with one attached hydrogen (secondary N) is 1. The molecule has 94 valence electrons. The lowest BCUT2D eigenvalue weighted by Crippen LogP contribution is -2.33. The number of hydrogen-bond acceptors (Lipinski definition) is 3. The molecule has 0 bridgehead atoms. The van der Waals surface area contributed by atoms with Gasteiger partial charge in [0.25, 0.3) is 0 Å². The van der Waals surface area contributed by atoms with E-state index in [1.165, 1.54) is 0 Å². The molecule has 0 unspecified atom stereocenters. The lowest BCUT2D eigenvalue weighted by Gasteiger charge is -2.19. The summed E-state index contributed by atoms with van der Waals surface area (Å²) in [5.41, 5.74) is -0.459. The largest absolute Gasteiger partial charge is 0.444 e. The number of ether oxygens (including phenoxy) is 1. The van der Waals surface area contributed by atoms with Crippen LogP contribution in [0.1, 0.15) is 47.0 Å². The van der Waals surface area contributed by atoms with Crippen LogP contribution in [0.15, 0.2) is 0 Å². The first kappa shape index (κ1) is 14.9. The summed E-state index contributed by atoms with van der Waals surface area (Å²) in [7, 11) is 0. The molecule has 1 amide bonds. The molecule has 0 heterocycles. The summed E-state index contributed by atoms with van der Waals surface area (Å²) in [6.07, 6.45) is 3.06. The number of rotatable bonds is 6. The van der Waals surface area contributed by atoms with Crippen LogP contribution in [0, 0.1) is 5.92 Å². The van der Waals surface area contributed by atoms with E-state index >= 15 is 0 Å². The summed E-state index contributed by atoms with van der Waals surface area (Å²) >= 11 is 0. The van der Waals surface area contributed by atoms with Gasteiger partial charge in [-0.2, -0.15) is 0 Å². The van der Waals surface area contributed by atoms with E-state index in [2.05, 4.69) is 5.32 Å². The second kappa shape index (κ2) is 7.25. The second-order valence-corrected chi connectivity index (χ2v) is 4.88. The Hall–Kier alpha value is -1.06. The van der Waals surface area contributed by atoms with Crippen molar-refractivity contribution < 1.29 is 14.3 Å². The third kappa shape index (κ3) is 8.26. The molecule has 0 spiro atoms. The Kier molecular flexibility index (Phi) is 6.77. The summed E-state index contributed by atoms with van der Waals surface area (Å²) in [4.78, 5) is 21.8. The van der Waals surface area contributed by atoms with Gasteiger partial charge >= 0.3 is 6.09 Å². The van der Waals surface area contributed by atoms with Gasteiger partial charge in [0.1, 0.15) is 11.9 Å². The molecular formula is C12H23NO3. The maximum absolute atomic E-state index is 11.2. The highest BCUT2D eigenvalue weighted by Crippen LogP contribution is 2.08. The Morgan fingerprint density at radius 2 is 2.06 bits per heavy atom. The van der Waals surface area contributed by atoms with Crippen molar-refractivity contribution in [2.45, 2.75) is 52.6 Å². The highest BCUT2D eigenvalue weighted by Gasteiger charge is 2.15. The first-order chi connectivity index (χ1) is 7.39. The monoisotopic (exact) mass is 229 g/mol. The topological polar surface area (TPSA) is 55.4 Å². The fourth-order valence-corrected chi connectivity index (χ4v) is 1.24. The Morgan fingerprint density at radius 1 is 1.44 bits per heavy atom. The van der Waals surface area contributed by atoms with E-state index in [9.17, 15) is 9.59 Å². The van der Waals surface area contributed by atoms with Crippen molar-refractivity contribution >= 4 is 12.4 Å². The molecule has 1 N–H and O–H groups in total. The van der Waals surface area contributed by atoms with Crippen LogP contribution in [0.5, 0.6) is 0 Å². The maximum atomic E-state index is 11.2. The van der Waals surface area contributed by atoms with Gasteiger partial charge in [-0.05, 0) is 40.0 Å². The van der Waals surface area contributed by atoms with Crippen LogP contribution in [-0.2, 0) is 9.53 Å². The van der Waals surface area contributed by atoms with Crippen LogP contribution in [0.4, 0.5) is 4.79 Å². The molecule has 4 heteroatoms. The number of amides is 1. The molecule has 0 aromatic carbocycles. The summed E-state index contributed by atoms with van der Waals surface area (Å²) in [6.45, 7) is 8.02. The van der Waals surface area contributed by atoms with E-state index in [1.54, 1.807) is 0 Å². The molecule has 0 saturated carbocycles. The number of carbonyl (C=O) groups is 2. The predicted octanol–water partition coefficient (Wildman–Crippen LogP) is 2.52. The summed E-state index contributed by atoms with van der Waals surface area (Å²) in [5, 5.41) is 2.67. The zero-order chi connectivity index (χ0) is 12.6. The number of carbonyl (C=O) groups excluding carboxylic acids is 2. The van der Waals surface area contributed by atoms with Gasteiger partial charge in [0.05, 0.1) is 0 Å². The molecular weight excluding hydrogens is 206 g/mol. The highest BCUT2D eigenvalue weighted by molar-refractivity contribution is 5.67. The summed E-state index contributed by atoms with van der Waals surface area (Å²) in [5.74, 6) is 0.112. The van der Waals surface area contributed by atoms with Gasteiger partial charge < -0.3 is 14.8 Å². The van der Waals surface area contributed by atoms with Crippen molar-refractivity contribution in [1.29, 1.82) is 0 Å². The Morgan fingerprint density at radius 3 is 2.50 bits per heavy atom. The minimum atomic E-state index is -0.459. The van der Waals surface area contributed by atoms with E-state index < -0.39 is 11.7 Å². The van der Waals surface area contributed by atoms with E-state index in [1.807, 2.05) is 27.7 Å². The molecule has 0 aliphatic rings. The lowest BCUT2D eigenvalue weighted by molar-refractivity contribution is -0.111. The SMILES string of the molecule is CC[C@H](C=O)CCCNC(=O)OC(C)(C)C. The van der Waals surface area contributed by atoms with Gasteiger partial charge in [0.2, 0.25) is 0 Å². The molecule has 0 rings (SSSR count). The first-order valence-electron chi connectivity index (χ1n) is 5.81. The van der Waals surface area contributed by atoms with Crippen LogP contribution in [0.3, 0.4) is 0 Å². The zero-order valence-electron chi connectivity index (χ0n) is 10.7. The van der Waals surface area contributed by atoms with Crippen molar-refractivity contribution in [3.63, 3.8) is 0 Å². The summed E-state index contributed by atoms with van der Waals surface area (Å²) in [6, 6.07) is 0. The Bertz CT molecular complexity index is 221. The van der Waals surface area contributed by atoms with Gasteiger partial charge in [-0.15, -0.1) is 0 Å². The first-order valence-corrected chi connectivity index (χ1v) is 5.81. The number of alkyl carbamates (subject to hydrolysis) is 1. The van der Waals surface area contributed by atoms with Gasteiger partial charge in [-0.3, -0.25) is 0 Å². The maximum Gasteiger partial charge on any atom is 0.407 e. The fourth-order valence-electron chi connectivity index (χ4n) is 1.24. The van der Waals surface area contributed by atoms with Crippen LogP contribution in [0.25, 0.3) is 0 Å². The average Bonchev–Trinajstić information content (AvgIpc) is 2.15. The van der Waals surface area contributed by atoms with E-state index in [0.717, 1.165) is 25.5 Å². The molecule has 0 fully saturated rings. The van der Waals surface area contributed by atoms with E-state index in [4.69, 9.17) is 4.74 Å². The van der Waals surface area contributed by atoms with Crippen LogP contribution < -0.4 is 5.32 Å². The number of aldehydes is 1. The third-order valence-corrected chi connectivity index (χ3v) is 2.14. The van der Waals surface area contributed by atoms with Gasteiger partial charge in [-0.25, -0.2) is 4.79 Å². The minimum Gasteiger partial charge on any atom is -0.444 e. The van der Waals surface area contributed by atoms with E-state index in [-0.39, 0.29) is 5.92 Å². The zero-order valence-corrected chi connectivity index (χ0v) is 10.7. The third-order valence-electron chi connectivity index (χ3n) is 2.14. The molecule has 0 aromatic heterocycles.